The minimum Gasteiger partial charge on any atom is -0.320 e. The van der Waals surface area contributed by atoms with E-state index in [4.69, 9.17) is 4.78 Å². The minimum absolute atomic E-state index is 0.133. The van der Waals surface area contributed by atoms with Crippen molar-refractivity contribution in [3.63, 3.8) is 0 Å². The number of nitrogens with one attached hydrogen (secondary N) is 2. The van der Waals surface area contributed by atoms with Crippen LogP contribution in [0.2, 0.25) is 0 Å². The molecule has 2 saturated carbocycles. The first-order chi connectivity index (χ1) is 16.1. The van der Waals surface area contributed by atoms with Gasteiger partial charge in [-0.2, -0.15) is 31.4 Å². The number of rotatable bonds is 6. The van der Waals surface area contributed by atoms with E-state index in [1.165, 1.54) is 0 Å². The van der Waals surface area contributed by atoms with Gasteiger partial charge in [0.25, 0.3) is 5.91 Å². The molecule has 35 heavy (non-hydrogen) atoms. The lowest BCUT2D eigenvalue weighted by Gasteiger charge is -2.36. The van der Waals surface area contributed by atoms with Crippen LogP contribution in [0.25, 0.3) is 0 Å². The van der Waals surface area contributed by atoms with E-state index in [-0.39, 0.29) is 30.8 Å². The molecule has 3 N–H and O–H groups in total. The summed E-state index contributed by atoms with van der Waals surface area (Å²) in [6, 6.07) is 2.12. The van der Waals surface area contributed by atoms with E-state index in [2.05, 4.69) is 10.4 Å². The lowest BCUT2D eigenvalue weighted by molar-refractivity contribution is -0.932. The minimum atomic E-state index is -4.94. The summed E-state index contributed by atoms with van der Waals surface area (Å²) in [5.74, 6) is -3.83. The Morgan fingerprint density at radius 2 is 1.91 bits per heavy atom. The van der Waals surface area contributed by atoms with Crippen molar-refractivity contribution in [1.82, 2.24) is 9.78 Å². The van der Waals surface area contributed by atoms with E-state index >= 15 is 0 Å². The highest BCUT2D eigenvalue weighted by molar-refractivity contribution is 7.91. The maximum Gasteiger partial charge on any atom is 0.420 e. The Kier molecular flexibility index (Phi) is 6.05. The standard InChI is InChI=1S/C20H21F6N5O3S/c1-35(27,34)14-8-13(4-5-31(14)33)28-18(32)17-15(20(24,25)26)16(11-2-3-11)29-30(17)9-10-6-12(7-10)19(21,22)23/h4-5,8,10-12,27,33H,2-3,6-7,9H2,1H3/p+1. The summed E-state index contributed by atoms with van der Waals surface area (Å²) < 4.78 is 102. The summed E-state index contributed by atoms with van der Waals surface area (Å²) in [7, 11) is -3.45. The topological polar surface area (TPSA) is 112 Å². The first-order valence-corrected chi connectivity index (χ1v) is 12.6. The van der Waals surface area contributed by atoms with Gasteiger partial charge in [-0.05, 0) is 31.6 Å². The van der Waals surface area contributed by atoms with Crippen LogP contribution in [0.5, 0.6) is 0 Å². The van der Waals surface area contributed by atoms with Crippen LogP contribution in [0, 0.1) is 16.6 Å². The molecule has 0 bridgehead atoms. The van der Waals surface area contributed by atoms with E-state index in [0.717, 1.165) is 29.3 Å². The van der Waals surface area contributed by atoms with Gasteiger partial charge in [0.15, 0.2) is 0 Å². The zero-order valence-corrected chi connectivity index (χ0v) is 19.1. The highest BCUT2D eigenvalue weighted by Gasteiger charge is 2.50. The second kappa shape index (κ2) is 8.38. The van der Waals surface area contributed by atoms with Gasteiger partial charge in [0.2, 0.25) is 6.20 Å². The summed E-state index contributed by atoms with van der Waals surface area (Å²) in [4.78, 5) is 13.1. The number of alkyl halides is 6. The summed E-state index contributed by atoms with van der Waals surface area (Å²) in [5.41, 5.74) is -2.48. The van der Waals surface area contributed by atoms with Gasteiger partial charge in [-0.1, -0.05) is 0 Å². The third kappa shape index (κ3) is 5.23. The summed E-state index contributed by atoms with van der Waals surface area (Å²) >= 11 is 0. The Morgan fingerprint density at radius 1 is 1.29 bits per heavy atom. The van der Waals surface area contributed by atoms with Crippen molar-refractivity contribution in [3.05, 3.63) is 35.3 Å². The molecule has 1 atom stereocenters. The fraction of sp³-hybridized carbons (Fsp3) is 0.550. The van der Waals surface area contributed by atoms with E-state index < -0.39 is 62.0 Å². The summed E-state index contributed by atoms with van der Waals surface area (Å²) in [6.07, 6.45) is -6.98. The zero-order chi connectivity index (χ0) is 25.9. The third-order valence-corrected chi connectivity index (χ3v) is 7.23. The molecule has 0 saturated heterocycles. The lowest BCUT2D eigenvalue weighted by atomic mass is 9.74. The van der Waals surface area contributed by atoms with Crippen molar-refractivity contribution >= 4 is 21.3 Å². The first kappa shape index (κ1) is 25.3. The van der Waals surface area contributed by atoms with Gasteiger partial charge in [-0.25, -0.2) is 8.99 Å². The predicted octanol–water partition coefficient (Wildman–Crippen LogP) is 4.18. The van der Waals surface area contributed by atoms with Gasteiger partial charge < -0.3 is 5.32 Å². The van der Waals surface area contributed by atoms with E-state index in [1.54, 1.807) is 0 Å². The molecule has 2 heterocycles. The monoisotopic (exact) mass is 526 g/mol. The molecule has 0 spiro atoms. The second-order valence-corrected chi connectivity index (χ2v) is 11.1. The lowest BCUT2D eigenvalue weighted by Crippen LogP contribution is -2.38. The molecule has 8 nitrogen and oxygen atoms in total. The fourth-order valence-corrected chi connectivity index (χ4v) is 4.96. The van der Waals surface area contributed by atoms with Crippen LogP contribution in [-0.2, 0) is 22.5 Å². The van der Waals surface area contributed by atoms with Gasteiger partial charge >= 0.3 is 17.4 Å². The van der Waals surface area contributed by atoms with Gasteiger partial charge in [0.1, 0.15) is 21.0 Å². The van der Waals surface area contributed by atoms with Crippen molar-refractivity contribution in [2.45, 2.75) is 55.5 Å². The Bertz CT molecular complexity index is 1260. The number of carbonyl (C=O) groups is 1. The normalized spacial score (nSPS) is 22.4. The average Bonchev–Trinajstić information content (AvgIpc) is 3.43. The van der Waals surface area contributed by atoms with E-state index in [0.29, 0.717) is 17.6 Å². The molecule has 192 valence electrons. The highest BCUT2D eigenvalue weighted by Crippen LogP contribution is 2.48. The SMILES string of the molecule is CS(=N)(=O)c1cc(NC(=O)c2c(C(F)(F)F)c(C3CC3)nn2CC2CC(C(F)(F)F)C2)cc[n+]1O. The van der Waals surface area contributed by atoms with Crippen LogP contribution in [0.15, 0.2) is 23.4 Å². The Hall–Kier alpha value is -2.84. The number of carbonyl (C=O) groups excluding carboxylic acids is 1. The van der Waals surface area contributed by atoms with E-state index in [1.807, 2.05) is 0 Å². The summed E-state index contributed by atoms with van der Waals surface area (Å²) in [6.45, 7) is -0.280. The molecule has 0 aromatic carbocycles. The quantitative estimate of drug-likeness (QED) is 0.298. The second-order valence-electron chi connectivity index (χ2n) is 9.03. The van der Waals surface area contributed by atoms with Crippen LogP contribution in [-0.4, -0.2) is 37.5 Å². The number of amides is 1. The molecule has 1 unspecified atom stereocenters. The first-order valence-electron chi connectivity index (χ1n) is 10.6. The number of halogens is 6. The van der Waals surface area contributed by atoms with Gasteiger partial charge in [0.05, 0.1) is 17.3 Å². The number of nitrogens with zero attached hydrogens (tertiary/aromatic N) is 3. The molecule has 2 aliphatic carbocycles. The molecule has 0 radical (unpaired) electrons. The largest absolute Gasteiger partial charge is 0.420 e. The van der Waals surface area contributed by atoms with Crippen LogP contribution < -0.4 is 10.0 Å². The molecule has 0 aliphatic heterocycles. The molecule has 2 aromatic rings. The molecule has 1 amide bonds. The molecular weight excluding hydrogens is 504 g/mol. The maximum absolute atomic E-state index is 14.1. The van der Waals surface area contributed by atoms with Crippen molar-refractivity contribution in [2.75, 3.05) is 11.6 Å². The number of hydrogen-bond donors (Lipinski definition) is 3. The number of hydrogen-bond acceptors (Lipinski definition) is 5. The predicted molar refractivity (Wildman–Crippen MR) is 108 cm³/mol. The van der Waals surface area contributed by atoms with Gasteiger partial charge in [-0.3, -0.25) is 14.7 Å². The number of anilines is 1. The highest BCUT2D eigenvalue weighted by atomic mass is 32.2. The third-order valence-electron chi connectivity index (χ3n) is 6.13. The molecule has 15 heteroatoms. The maximum atomic E-state index is 14.1. The van der Waals surface area contributed by atoms with Crippen molar-refractivity contribution in [3.8, 4) is 0 Å². The van der Waals surface area contributed by atoms with Gasteiger partial charge in [-0.15, -0.1) is 0 Å². The molecule has 2 aromatic heterocycles. The van der Waals surface area contributed by atoms with Crippen molar-refractivity contribution < 1.29 is 45.3 Å². The van der Waals surface area contributed by atoms with Crippen molar-refractivity contribution in [1.29, 1.82) is 4.78 Å². The smallest absolute Gasteiger partial charge is 0.320 e. The average molecular weight is 526 g/mol. The van der Waals surface area contributed by atoms with Crippen molar-refractivity contribution in [2.24, 2.45) is 11.8 Å². The molecule has 2 aliphatic rings. The van der Waals surface area contributed by atoms with E-state index in [9.17, 15) is 40.6 Å². The summed E-state index contributed by atoms with van der Waals surface area (Å²) in [5, 5.41) is 15.6. The Labute approximate surface area is 195 Å². The number of pyridine rings is 1. The Balaban J connectivity index is 1.69. The van der Waals surface area contributed by atoms with Crippen LogP contribution in [0.4, 0.5) is 32.0 Å². The molecule has 4 rings (SSSR count). The van der Waals surface area contributed by atoms with Crippen LogP contribution >= 0.6 is 0 Å². The zero-order valence-electron chi connectivity index (χ0n) is 18.3. The number of aromatic nitrogens is 3. The Morgan fingerprint density at radius 3 is 2.43 bits per heavy atom. The van der Waals surface area contributed by atoms with Crippen LogP contribution in [0.1, 0.15) is 53.3 Å². The van der Waals surface area contributed by atoms with Crippen LogP contribution in [0.3, 0.4) is 0 Å². The van der Waals surface area contributed by atoms with Gasteiger partial charge in [0, 0.05) is 35.6 Å². The fourth-order valence-electron chi connectivity index (χ4n) is 4.19. The molecule has 2 fully saturated rings. The molecular formula is C20H22F6N5O3S+.